The lowest BCUT2D eigenvalue weighted by atomic mass is 9.98. The molecule has 92 valence electrons. The van der Waals surface area contributed by atoms with E-state index in [1.807, 2.05) is 0 Å². The van der Waals surface area contributed by atoms with Crippen LogP contribution in [-0.4, -0.2) is 42.5 Å². The van der Waals surface area contributed by atoms with Gasteiger partial charge in [0.15, 0.2) is 0 Å². The average Bonchev–Trinajstić information content (AvgIpc) is 2.79. The molecule has 0 aromatic rings. The summed E-state index contributed by atoms with van der Waals surface area (Å²) in [5, 5.41) is 0. The minimum atomic E-state index is 0.190. The van der Waals surface area contributed by atoms with E-state index >= 15 is 0 Å². The maximum absolute atomic E-state index is 11.5. The second kappa shape index (κ2) is 5.78. The average molecular weight is 225 g/mol. The van der Waals surface area contributed by atoms with Crippen LogP contribution in [0.3, 0.4) is 0 Å². The molecule has 0 radical (unpaired) electrons. The second-order valence-corrected chi connectivity index (χ2v) is 5.08. The third-order valence-electron chi connectivity index (χ3n) is 3.85. The zero-order valence-electron chi connectivity index (χ0n) is 10.3. The van der Waals surface area contributed by atoms with Gasteiger partial charge in [-0.1, -0.05) is 6.42 Å². The number of Topliss-reactive ketones (excluding diaryl/α,β-unsaturated/α-hetero) is 1. The van der Waals surface area contributed by atoms with E-state index in [0.29, 0.717) is 11.9 Å². The first-order chi connectivity index (χ1) is 7.77. The quantitative estimate of drug-likeness (QED) is 0.733. The van der Waals surface area contributed by atoms with Crippen molar-refractivity contribution in [2.45, 2.75) is 57.6 Å². The minimum Gasteiger partial charge on any atom is -0.378 e. The number of hydrogen-bond donors (Lipinski definition) is 0. The predicted octanol–water partition coefficient (Wildman–Crippen LogP) is 2.00. The van der Waals surface area contributed by atoms with Gasteiger partial charge in [-0.05, 0) is 45.6 Å². The van der Waals surface area contributed by atoms with Crippen molar-refractivity contribution in [3.63, 3.8) is 0 Å². The molecule has 2 aliphatic rings. The monoisotopic (exact) mass is 225 g/mol. The van der Waals surface area contributed by atoms with Crippen LogP contribution < -0.4 is 0 Å². The summed E-state index contributed by atoms with van der Waals surface area (Å²) < 4.78 is 5.63. The van der Waals surface area contributed by atoms with Gasteiger partial charge in [-0.2, -0.15) is 0 Å². The first kappa shape index (κ1) is 12.1. The van der Waals surface area contributed by atoms with E-state index in [-0.39, 0.29) is 6.04 Å². The lowest BCUT2D eigenvalue weighted by molar-refractivity contribution is -0.123. The number of ketones is 1. The number of likely N-dealkylation sites (tertiary alicyclic amines) is 1. The molecular weight excluding hydrogens is 202 g/mol. The van der Waals surface area contributed by atoms with Crippen molar-refractivity contribution in [3.05, 3.63) is 0 Å². The SMILES string of the molecule is CC(=O)C1CCCCN1CCC1CCCO1. The van der Waals surface area contributed by atoms with Gasteiger partial charge in [0.2, 0.25) is 0 Å². The number of piperidine rings is 1. The molecule has 0 spiro atoms. The van der Waals surface area contributed by atoms with Crippen LogP contribution in [0.15, 0.2) is 0 Å². The first-order valence-corrected chi connectivity index (χ1v) is 6.63. The molecule has 2 fully saturated rings. The highest BCUT2D eigenvalue weighted by molar-refractivity contribution is 5.81. The highest BCUT2D eigenvalue weighted by Gasteiger charge is 2.26. The summed E-state index contributed by atoms with van der Waals surface area (Å²) in [6.07, 6.45) is 7.48. The molecule has 3 heteroatoms. The van der Waals surface area contributed by atoms with Crippen molar-refractivity contribution in [2.75, 3.05) is 19.7 Å². The van der Waals surface area contributed by atoms with Gasteiger partial charge in [0.1, 0.15) is 5.78 Å². The normalized spacial score (nSPS) is 31.8. The summed E-state index contributed by atoms with van der Waals surface area (Å²) >= 11 is 0. The number of rotatable bonds is 4. The molecule has 2 heterocycles. The van der Waals surface area contributed by atoms with Crippen molar-refractivity contribution in [1.29, 1.82) is 0 Å². The van der Waals surface area contributed by atoms with Crippen molar-refractivity contribution in [2.24, 2.45) is 0 Å². The molecule has 0 amide bonds. The topological polar surface area (TPSA) is 29.5 Å². The molecule has 0 N–H and O–H groups in total. The maximum atomic E-state index is 11.5. The van der Waals surface area contributed by atoms with Crippen LogP contribution in [-0.2, 0) is 9.53 Å². The van der Waals surface area contributed by atoms with Gasteiger partial charge in [0.05, 0.1) is 12.1 Å². The Hall–Kier alpha value is -0.410. The summed E-state index contributed by atoms with van der Waals surface area (Å²) in [6, 6.07) is 0.190. The molecule has 16 heavy (non-hydrogen) atoms. The fourth-order valence-electron chi connectivity index (χ4n) is 2.90. The van der Waals surface area contributed by atoms with E-state index in [9.17, 15) is 4.79 Å². The van der Waals surface area contributed by atoms with E-state index in [0.717, 1.165) is 32.5 Å². The van der Waals surface area contributed by atoms with Gasteiger partial charge in [0.25, 0.3) is 0 Å². The molecule has 0 aromatic carbocycles. The molecule has 2 saturated heterocycles. The third kappa shape index (κ3) is 3.05. The van der Waals surface area contributed by atoms with E-state index in [2.05, 4.69) is 4.90 Å². The Morgan fingerprint density at radius 1 is 1.31 bits per heavy atom. The number of carbonyl (C=O) groups excluding carboxylic acids is 1. The van der Waals surface area contributed by atoms with Crippen LogP contribution in [0.5, 0.6) is 0 Å². The standard InChI is InChI=1S/C13H23NO2/c1-11(15)13-6-2-3-8-14(13)9-7-12-5-4-10-16-12/h12-13H,2-10H2,1H3. The van der Waals surface area contributed by atoms with Crippen molar-refractivity contribution in [3.8, 4) is 0 Å². The summed E-state index contributed by atoms with van der Waals surface area (Å²) in [6.45, 7) is 4.79. The molecule has 3 nitrogen and oxygen atoms in total. The molecule has 2 atom stereocenters. The molecule has 0 bridgehead atoms. The summed E-state index contributed by atoms with van der Waals surface area (Å²) in [5.41, 5.74) is 0. The van der Waals surface area contributed by atoms with E-state index in [4.69, 9.17) is 4.74 Å². The molecule has 0 aliphatic carbocycles. The highest BCUT2D eigenvalue weighted by atomic mass is 16.5. The Bertz CT molecular complexity index is 236. The van der Waals surface area contributed by atoms with Gasteiger partial charge in [-0.25, -0.2) is 0 Å². The molecule has 0 saturated carbocycles. The lowest BCUT2D eigenvalue weighted by Gasteiger charge is -2.34. The van der Waals surface area contributed by atoms with E-state index < -0.39 is 0 Å². The number of ether oxygens (including phenoxy) is 1. The molecule has 2 rings (SSSR count). The van der Waals surface area contributed by atoms with Crippen molar-refractivity contribution in [1.82, 2.24) is 4.90 Å². The third-order valence-corrected chi connectivity index (χ3v) is 3.85. The zero-order chi connectivity index (χ0) is 11.4. The highest BCUT2D eigenvalue weighted by Crippen LogP contribution is 2.21. The summed E-state index contributed by atoms with van der Waals surface area (Å²) in [7, 11) is 0. The van der Waals surface area contributed by atoms with Gasteiger partial charge in [0, 0.05) is 13.2 Å². The molecular formula is C13H23NO2. The van der Waals surface area contributed by atoms with Gasteiger partial charge < -0.3 is 4.74 Å². The molecule has 2 aliphatic heterocycles. The largest absolute Gasteiger partial charge is 0.378 e. The Morgan fingerprint density at radius 2 is 2.19 bits per heavy atom. The van der Waals surface area contributed by atoms with Gasteiger partial charge >= 0.3 is 0 Å². The Balaban J connectivity index is 1.78. The molecule has 0 aromatic heterocycles. The lowest BCUT2D eigenvalue weighted by Crippen LogP contribution is -2.44. The molecule has 2 unspecified atom stereocenters. The smallest absolute Gasteiger partial charge is 0.146 e. The Labute approximate surface area is 98.1 Å². The minimum absolute atomic E-state index is 0.190. The second-order valence-electron chi connectivity index (χ2n) is 5.08. The zero-order valence-corrected chi connectivity index (χ0v) is 10.3. The van der Waals surface area contributed by atoms with Crippen LogP contribution in [0.4, 0.5) is 0 Å². The van der Waals surface area contributed by atoms with Crippen LogP contribution in [0.2, 0.25) is 0 Å². The Kier molecular flexibility index (Phi) is 4.36. The number of carbonyl (C=O) groups is 1. The van der Waals surface area contributed by atoms with E-state index in [1.54, 1.807) is 6.92 Å². The van der Waals surface area contributed by atoms with Gasteiger partial charge in [-0.3, -0.25) is 9.69 Å². The van der Waals surface area contributed by atoms with Gasteiger partial charge in [-0.15, -0.1) is 0 Å². The first-order valence-electron chi connectivity index (χ1n) is 6.63. The van der Waals surface area contributed by atoms with Crippen molar-refractivity contribution >= 4 is 5.78 Å². The maximum Gasteiger partial charge on any atom is 0.146 e. The van der Waals surface area contributed by atoms with Crippen LogP contribution in [0.25, 0.3) is 0 Å². The van der Waals surface area contributed by atoms with E-state index in [1.165, 1.54) is 25.7 Å². The van der Waals surface area contributed by atoms with Crippen LogP contribution in [0.1, 0.15) is 45.4 Å². The fraction of sp³-hybridized carbons (Fsp3) is 0.923. The fourth-order valence-corrected chi connectivity index (χ4v) is 2.90. The number of nitrogens with zero attached hydrogens (tertiary/aromatic N) is 1. The Morgan fingerprint density at radius 3 is 2.88 bits per heavy atom. The van der Waals surface area contributed by atoms with Crippen molar-refractivity contribution < 1.29 is 9.53 Å². The number of hydrogen-bond acceptors (Lipinski definition) is 3. The van der Waals surface area contributed by atoms with Crippen LogP contribution >= 0.6 is 0 Å². The summed E-state index contributed by atoms with van der Waals surface area (Å²) in [5.74, 6) is 0.340. The van der Waals surface area contributed by atoms with Crippen LogP contribution in [0, 0.1) is 0 Å². The summed E-state index contributed by atoms with van der Waals surface area (Å²) in [4.78, 5) is 13.9. The predicted molar refractivity (Wildman–Crippen MR) is 63.5 cm³/mol.